The molecule has 2 rings (SSSR count). The molecule has 0 atom stereocenters. The third-order valence-corrected chi connectivity index (χ3v) is 7.63. The van der Waals surface area contributed by atoms with E-state index >= 15 is 0 Å². The lowest BCUT2D eigenvalue weighted by Gasteiger charge is -2.03. The second kappa shape index (κ2) is 5.83. The van der Waals surface area contributed by atoms with Gasteiger partial charge in [0.25, 0.3) is 10.0 Å². The molecule has 0 amide bonds. The first-order chi connectivity index (χ1) is 8.53. The third kappa shape index (κ3) is 3.21. The number of halogens is 1. The number of aryl methyl sites for hydroxylation is 1. The number of thiophene rings is 2. The molecule has 0 saturated heterocycles. The van der Waals surface area contributed by atoms with Gasteiger partial charge >= 0.3 is 0 Å². The fourth-order valence-corrected chi connectivity index (χ4v) is 5.79. The summed E-state index contributed by atoms with van der Waals surface area (Å²) in [6.45, 7) is 2.43. The van der Waals surface area contributed by atoms with Gasteiger partial charge in [-0.25, -0.2) is 13.1 Å². The lowest BCUT2D eigenvalue weighted by Crippen LogP contribution is -2.22. The van der Waals surface area contributed by atoms with Crippen LogP contribution in [0.25, 0.3) is 0 Å². The van der Waals surface area contributed by atoms with Crippen LogP contribution in [0.3, 0.4) is 0 Å². The maximum atomic E-state index is 12.0. The quantitative estimate of drug-likeness (QED) is 0.879. The molecule has 0 aliphatic carbocycles. The van der Waals surface area contributed by atoms with Crippen molar-refractivity contribution in [2.45, 2.75) is 24.1 Å². The first-order valence-corrected chi connectivity index (χ1v) is 9.30. The molecule has 0 saturated carbocycles. The lowest BCUT2D eigenvalue weighted by atomic mass is 10.4. The van der Waals surface area contributed by atoms with E-state index in [0.29, 0.717) is 15.2 Å². The molecule has 2 aromatic heterocycles. The van der Waals surface area contributed by atoms with E-state index in [-0.39, 0.29) is 0 Å². The first kappa shape index (κ1) is 14.2. The van der Waals surface area contributed by atoms with Gasteiger partial charge in [-0.2, -0.15) is 0 Å². The van der Waals surface area contributed by atoms with Gasteiger partial charge in [-0.1, -0.05) is 6.92 Å². The summed E-state index contributed by atoms with van der Waals surface area (Å²) in [5, 5.41) is 1.75. The average molecular weight is 366 g/mol. The van der Waals surface area contributed by atoms with Crippen molar-refractivity contribution in [1.82, 2.24) is 4.72 Å². The standard InChI is InChI=1S/C11H12BrNO2S3/c1-2-8-3-4-9(17-8)7-13-18(14,15)11-10(12)5-6-16-11/h3-6,13H,2,7H2,1H3. The number of nitrogens with one attached hydrogen (secondary N) is 1. The van der Waals surface area contributed by atoms with E-state index in [1.54, 1.807) is 22.8 Å². The summed E-state index contributed by atoms with van der Waals surface area (Å²) in [6, 6.07) is 5.74. The monoisotopic (exact) mass is 365 g/mol. The normalized spacial score (nSPS) is 11.9. The summed E-state index contributed by atoms with van der Waals surface area (Å²) in [7, 11) is -3.41. The van der Waals surface area contributed by atoms with Crippen molar-refractivity contribution in [3.8, 4) is 0 Å². The van der Waals surface area contributed by atoms with Gasteiger partial charge in [0.2, 0.25) is 0 Å². The summed E-state index contributed by atoms with van der Waals surface area (Å²) in [5.74, 6) is 0. The average Bonchev–Trinajstić information content (AvgIpc) is 2.95. The lowest BCUT2D eigenvalue weighted by molar-refractivity contribution is 0.583. The topological polar surface area (TPSA) is 46.2 Å². The summed E-state index contributed by atoms with van der Waals surface area (Å²) in [4.78, 5) is 2.30. The Morgan fingerprint density at radius 1 is 1.28 bits per heavy atom. The predicted octanol–water partition coefficient (Wildman–Crippen LogP) is 3.61. The van der Waals surface area contributed by atoms with Crippen LogP contribution in [0.15, 0.2) is 32.3 Å². The van der Waals surface area contributed by atoms with Crippen LogP contribution in [0.1, 0.15) is 16.7 Å². The smallest absolute Gasteiger partial charge is 0.206 e. The highest BCUT2D eigenvalue weighted by molar-refractivity contribution is 9.10. The van der Waals surface area contributed by atoms with Crippen LogP contribution in [0.4, 0.5) is 0 Å². The summed E-state index contributed by atoms with van der Waals surface area (Å²) >= 11 is 6.08. The Labute approximate surface area is 123 Å². The minimum absolute atomic E-state index is 0.328. The zero-order valence-corrected chi connectivity index (χ0v) is 13.7. The van der Waals surface area contributed by atoms with Crippen LogP contribution in [0.2, 0.25) is 0 Å². The molecule has 0 bridgehead atoms. The molecule has 98 valence electrons. The first-order valence-electron chi connectivity index (χ1n) is 5.33. The number of hydrogen-bond donors (Lipinski definition) is 1. The van der Waals surface area contributed by atoms with E-state index in [1.807, 2.05) is 12.1 Å². The van der Waals surface area contributed by atoms with Gasteiger partial charge in [-0.3, -0.25) is 0 Å². The van der Waals surface area contributed by atoms with Gasteiger partial charge in [0.1, 0.15) is 4.21 Å². The molecule has 0 unspecified atom stereocenters. The SMILES string of the molecule is CCc1ccc(CNS(=O)(=O)c2sccc2Br)s1. The van der Waals surface area contributed by atoms with E-state index in [2.05, 4.69) is 27.6 Å². The van der Waals surface area contributed by atoms with Crippen LogP contribution in [-0.2, 0) is 23.0 Å². The maximum Gasteiger partial charge on any atom is 0.251 e. The Hall–Kier alpha value is -0.210. The van der Waals surface area contributed by atoms with Crippen LogP contribution in [0.5, 0.6) is 0 Å². The minimum atomic E-state index is -3.41. The van der Waals surface area contributed by atoms with Gasteiger partial charge in [-0.05, 0) is 45.9 Å². The second-order valence-corrected chi connectivity index (χ2v) is 8.59. The summed E-state index contributed by atoms with van der Waals surface area (Å²) < 4.78 is 27.6. The van der Waals surface area contributed by atoms with Gasteiger partial charge in [0.15, 0.2) is 0 Å². The van der Waals surface area contributed by atoms with Crippen molar-refractivity contribution in [2.24, 2.45) is 0 Å². The molecule has 0 aliphatic heterocycles. The van der Waals surface area contributed by atoms with Crippen molar-refractivity contribution in [3.05, 3.63) is 37.8 Å². The van der Waals surface area contributed by atoms with Crippen LogP contribution < -0.4 is 4.72 Å². The van der Waals surface area contributed by atoms with E-state index < -0.39 is 10.0 Å². The van der Waals surface area contributed by atoms with Crippen molar-refractivity contribution in [3.63, 3.8) is 0 Å². The number of sulfonamides is 1. The Bertz CT molecular complexity index is 630. The van der Waals surface area contributed by atoms with Crippen LogP contribution in [0, 0.1) is 0 Å². The van der Waals surface area contributed by atoms with Crippen LogP contribution in [-0.4, -0.2) is 8.42 Å². The Morgan fingerprint density at radius 2 is 2.00 bits per heavy atom. The molecule has 2 aromatic rings. The van der Waals surface area contributed by atoms with Gasteiger partial charge in [0.05, 0.1) is 0 Å². The van der Waals surface area contributed by atoms with Crippen molar-refractivity contribution < 1.29 is 8.42 Å². The second-order valence-electron chi connectivity index (χ2n) is 3.60. The molecular formula is C11H12BrNO2S3. The highest BCUT2D eigenvalue weighted by Crippen LogP contribution is 2.27. The largest absolute Gasteiger partial charge is 0.251 e. The number of rotatable bonds is 5. The maximum absolute atomic E-state index is 12.0. The molecule has 1 N–H and O–H groups in total. The van der Waals surface area contributed by atoms with Crippen molar-refractivity contribution in [2.75, 3.05) is 0 Å². The molecule has 0 spiro atoms. The van der Waals surface area contributed by atoms with Crippen molar-refractivity contribution >= 4 is 48.6 Å². The predicted molar refractivity (Wildman–Crippen MR) is 79.7 cm³/mol. The van der Waals surface area contributed by atoms with Crippen molar-refractivity contribution in [1.29, 1.82) is 0 Å². The zero-order chi connectivity index (χ0) is 13.2. The zero-order valence-electron chi connectivity index (χ0n) is 9.64. The van der Waals surface area contributed by atoms with E-state index in [4.69, 9.17) is 0 Å². The molecule has 7 heteroatoms. The van der Waals surface area contributed by atoms with E-state index in [0.717, 1.165) is 11.3 Å². The molecule has 3 nitrogen and oxygen atoms in total. The Morgan fingerprint density at radius 3 is 2.56 bits per heavy atom. The highest BCUT2D eigenvalue weighted by atomic mass is 79.9. The molecule has 0 aliphatic rings. The molecule has 2 heterocycles. The molecule has 18 heavy (non-hydrogen) atoms. The van der Waals surface area contributed by atoms with Gasteiger partial charge in [0, 0.05) is 20.8 Å². The molecule has 0 aromatic carbocycles. The van der Waals surface area contributed by atoms with E-state index in [9.17, 15) is 8.42 Å². The summed E-state index contributed by atoms with van der Waals surface area (Å²) in [6.07, 6.45) is 0.980. The molecule has 0 radical (unpaired) electrons. The van der Waals surface area contributed by atoms with E-state index in [1.165, 1.54) is 16.2 Å². The van der Waals surface area contributed by atoms with Crippen LogP contribution >= 0.6 is 38.6 Å². The molecule has 0 fully saturated rings. The minimum Gasteiger partial charge on any atom is -0.206 e. The molecular weight excluding hydrogens is 354 g/mol. The van der Waals surface area contributed by atoms with Gasteiger partial charge in [-0.15, -0.1) is 22.7 Å². The summed E-state index contributed by atoms with van der Waals surface area (Å²) in [5.41, 5.74) is 0. The highest BCUT2D eigenvalue weighted by Gasteiger charge is 2.18. The number of hydrogen-bond acceptors (Lipinski definition) is 4. The Balaban J connectivity index is 2.08. The van der Waals surface area contributed by atoms with Gasteiger partial charge < -0.3 is 0 Å². The third-order valence-electron chi connectivity index (χ3n) is 2.33. The fourth-order valence-electron chi connectivity index (χ4n) is 1.41. The fraction of sp³-hybridized carbons (Fsp3) is 0.273. The Kier molecular flexibility index (Phi) is 4.60.